The normalized spacial score (nSPS) is 27.7. The fourth-order valence-corrected chi connectivity index (χ4v) is 4.55. The number of pyridine rings is 1. The maximum absolute atomic E-state index is 10.2. The van der Waals surface area contributed by atoms with Crippen molar-refractivity contribution < 1.29 is 19.3 Å². The minimum absolute atomic E-state index is 0.137. The largest absolute Gasteiger partial charge is 0.466 e. The van der Waals surface area contributed by atoms with Gasteiger partial charge in [0.1, 0.15) is 5.75 Å². The van der Waals surface area contributed by atoms with Gasteiger partial charge < -0.3 is 19.3 Å². The average molecular weight is 402 g/mol. The Morgan fingerprint density at radius 3 is 2.69 bits per heavy atom. The summed E-state index contributed by atoms with van der Waals surface area (Å²) in [7, 11) is 3.42. The van der Waals surface area contributed by atoms with Crippen LogP contribution in [0.2, 0.25) is 0 Å². The number of hydrogen-bond acceptors (Lipinski definition) is 5. The number of allylic oxidation sites excluding steroid dienone is 2. The molecule has 4 atom stereocenters. The van der Waals surface area contributed by atoms with Crippen molar-refractivity contribution >= 4 is 0 Å². The zero-order valence-electron chi connectivity index (χ0n) is 18.4. The van der Waals surface area contributed by atoms with Crippen LogP contribution in [0.4, 0.5) is 0 Å². The Labute approximate surface area is 174 Å². The monoisotopic (exact) mass is 401 g/mol. The molecule has 0 spiro atoms. The molecule has 1 fully saturated rings. The lowest BCUT2D eigenvalue weighted by atomic mass is 9.81. The van der Waals surface area contributed by atoms with Crippen molar-refractivity contribution in [2.45, 2.75) is 71.0 Å². The van der Waals surface area contributed by atoms with E-state index in [-0.39, 0.29) is 18.8 Å². The third-order valence-electron chi connectivity index (χ3n) is 6.55. The predicted octanol–water partition coefficient (Wildman–Crippen LogP) is 4.55. The van der Waals surface area contributed by atoms with Crippen LogP contribution < -0.4 is 4.74 Å². The van der Waals surface area contributed by atoms with E-state index in [9.17, 15) is 5.11 Å². The van der Waals surface area contributed by atoms with Crippen LogP contribution in [0.15, 0.2) is 34.9 Å². The van der Waals surface area contributed by atoms with Gasteiger partial charge in [0.05, 0.1) is 17.9 Å². The second-order valence-electron chi connectivity index (χ2n) is 8.43. The van der Waals surface area contributed by atoms with Crippen molar-refractivity contribution in [3.8, 4) is 5.75 Å². The molecular weight excluding hydrogens is 366 g/mol. The molecule has 0 radical (unpaired) electrons. The van der Waals surface area contributed by atoms with E-state index in [4.69, 9.17) is 19.2 Å². The highest BCUT2D eigenvalue weighted by atomic mass is 16.7. The molecule has 1 heterocycles. The van der Waals surface area contributed by atoms with Crippen LogP contribution in [-0.4, -0.2) is 43.3 Å². The van der Waals surface area contributed by atoms with Gasteiger partial charge in [-0.2, -0.15) is 0 Å². The Balaban J connectivity index is 1.89. The van der Waals surface area contributed by atoms with E-state index in [1.54, 1.807) is 14.2 Å². The summed E-state index contributed by atoms with van der Waals surface area (Å²) >= 11 is 0. The van der Waals surface area contributed by atoms with Gasteiger partial charge in [-0.05, 0) is 56.4 Å². The fraction of sp³-hybridized carbons (Fsp3) is 0.625. The van der Waals surface area contributed by atoms with Crippen LogP contribution in [0.1, 0.15) is 63.8 Å². The first-order chi connectivity index (χ1) is 13.9. The summed E-state index contributed by atoms with van der Waals surface area (Å²) in [6.07, 6.45) is 6.93. The van der Waals surface area contributed by atoms with Gasteiger partial charge in [-0.3, -0.25) is 4.98 Å². The van der Waals surface area contributed by atoms with Crippen molar-refractivity contribution in [2.24, 2.45) is 5.92 Å². The first-order valence-electron chi connectivity index (χ1n) is 10.6. The smallest absolute Gasteiger partial charge is 0.188 e. The fourth-order valence-electron chi connectivity index (χ4n) is 4.55. The zero-order valence-corrected chi connectivity index (χ0v) is 18.4. The molecule has 4 unspecified atom stereocenters. The van der Waals surface area contributed by atoms with Crippen LogP contribution in [0.25, 0.3) is 0 Å². The number of aromatic nitrogens is 1. The summed E-state index contributed by atoms with van der Waals surface area (Å²) in [6, 6.07) is 4.08. The molecule has 0 aromatic carbocycles. The molecule has 2 aliphatic carbocycles. The van der Waals surface area contributed by atoms with E-state index in [0.717, 1.165) is 54.8 Å². The minimum Gasteiger partial charge on any atom is -0.466 e. The zero-order chi connectivity index (χ0) is 21.0. The topological polar surface area (TPSA) is 60.8 Å². The summed E-state index contributed by atoms with van der Waals surface area (Å²) < 4.78 is 16.6. The molecule has 5 heteroatoms. The number of aliphatic hydroxyl groups is 1. The number of rotatable bonds is 7. The van der Waals surface area contributed by atoms with Crippen LogP contribution in [0.5, 0.6) is 5.75 Å². The Morgan fingerprint density at radius 2 is 1.97 bits per heavy atom. The number of hydrogen-bond donors (Lipinski definition) is 1. The summed E-state index contributed by atoms with van der Waals surface area (Å²) in [5.41, 5.74) is 5.73. The quantitative estimate of drug-likeness (QED) is 0.679. The molecule has 1 aromatic rings. The highest BCUT2D eigenvalue weighted by molar-refractivity contribution is 5.43. The van der Waals surface area contributed by atoms with Gasteiger partial charge in [0.25, 0.3) is 0 Å². The van der Waals surface area contributed by atoms with E-state index >= 15 is 0 Å². The third kappa shape index (κ3) is 5.08. The molecule has 3 rings (SSSR count). The minimum atomic E-state index is -0.402. The number of methoxy groups -OCH3 is 2. The maximum atomic E-state index is 10.2. The van der Waals surface area contributed by atoms with Crippen molar-refractivity contribution in [3.05, 3.63) is 46.3 Å². The standard InChI is InChI=1S/C24H35NO4/c1-15-11-22(26)17(3)16(2)21(15)13-19-9-10-23(29-14-27-4)24(25-19)18-7-6-8-20(12-18)28-5/h9-11,17-18,20,22,26H,6-8,12-14H2,1-5H3. The molecule has 1 aromatic heterocycles. The van der Waals surface area contributed by atoms with Gasteiger partial charge in [0.15, 0.2) is 6.79 Å². The van der Waals surface area contributed by atoms with Gasteiger partial charge >= 0.3 is 0 Å². The van der Waals surface area contributed by atoms with E-state index in [1.807, 2.05) is 18.2 Å². The van der Waals surface area contributed by atoms with Gasteiger partial charge in [-0.15, -0.1) is 0 Å². The van der Waals surface area contributed by atoms with E-state index < -0.39 is 6.10 Å². The van der Waals surface area contributed by atoms with Crippen molar-refractivity contribution in [1.29, 1.82) is 0 Å². The van der Waals surface area contributed by atoms with E-state index in [1.165, 1.54) is 11.1 Å². The molecule has 0 bridgehead atoms. The Bertz CT molecular complexity index is 770. The first kappa shape index (κ1) is 22.0. The van der Waals surface area contributed by atoms with E-state index in [2.05, 4.69) is 20.8 Å². The highest BCUT2D eigenvalue weighted by Crippen LogP contribution is 2.38. The van der Waals surface area contributed by atoms with Crippen LogP contribution in [-0.2, 0) is 15.9 Å². The summed E-state index contributed by atoms with van der Waals surface area (Å²) in [6.45, 7) is 6.50. The molecule has 2 aliphatic rings. The molecule has 29 heavy (non-hydrogen) atoms. The maximum Gasteiger partial charge on any atom is 0.188 e. The summed E-state index contributed by atoms with van der Waals surface area (Å²) in [4.78, 5) is 5.07. The summed E-state index contributed by atoms with van der Waals surface area (Å²) in [5.74, 6) is 1.28. The van der Waals surface area contributed by atoms with Crippen molar-refractivity contribution in [3.63, 3.8) is 0 Å². The van der Waals surface area contributed by atoms with E-state index in [0.29, 0.717) is 5.92 Å². The number of aliphatic hydroxyl groups excluding tert-OH is 1. The molecule has 1 N–H and O–H groups in total. The third-order valence-corrected chi connectivity index (χ3v) is 6.55. The van der Waals surface area contributed by atoms with Crippen LogP contribution >= 0.6 is 0 Å². The van der Waals surface area contributed by atoms with Crippen molar-refractivity contribution in [2.75, 3.05) is 21.0 Å². The van der Waals surface area contributed by atoms with Gasteiger partial charge in [0.2, 0.25) is 0 Å². The summed E-state index contributed by atoms with van der Waals surface area (Å²) in [5, 5.41) is 10.2. The number of ether oxygens (including phenoxy) is 3. The molecular formula is C24H35NO4. The lowest BCUT2D eigenvalue weighted by Crippen LogP contribution is -2.23. The molecule has 0 amide bonds. The van der Waals surface area contributed by atoms with Gasteiger partial charge in [-0.1, -0.05) is 25.0 Å². The molecule has 5 nitrogen and oxygen atoms in total. The van der Waals surface area contributed by atoms with Crippen LogP contribution in [0.3, 0.4) is 0 Å². The highest BCUT2D eigenvalue weighted by Gasteiger charge is 2.28. The second-order valence-corrected chi connectivity index (χ2v) is 8.43. The Hall–Kier alpha value is -1.69. The van der Waals surface area contributed by atoms with Crippen LogP contribution in [0, 0.1) is 5.92 Å². The lowest BCUT2D eigenvalue weighted by Gasteiger charge is -2.29. The second kappa shape index (κ2) is 9.88. The molecule has 1 saturated carbocycles. The lowest BCUT2D eigenvalue weighted by molar-refractivity contribution is 0.0464. The van der Waals surface area contributed by atoms with Crippen molar-refractivity contribution in [1.82, 2.24) is 4.98 Å². The Morgan fingerprint density at radius 1 is 1.17 bits per heavy atom. The molecule has 0 aliphatic heterocycles. The van der Waals surface area contributed by atoms with Gasteiger partial charge in [0, 0.05) is 38.2 Å². The Kier molecular flexibility index (Phi) is 7.49. The predicted molar refractivity (Wildman–Crippen MR) is 114 cm³/mol. The first-order valence-corrected chi connectivity index (χ1v) is 10.6. The van der Waals surface area contributed by atoms with Gasteiger partial charge in [-0.25, -0.2) is 0 Å². The average Bonchev–Trinajstić information content (AvgIpc) is 2.74. The SMILES string of the molecule is COCOc1ccc(CC2=C(C)C(C)C(O)C=C2C)nc1C1CCCC(OC)C1. The molecule has 160 valence electrons. The molecule has 0 saturated heterocycles. The number of nitrogens with zero attached hydrogens (tertiary/aromatic N) is 1.